The SMILES string of the molecule is Clc1ccc(C=Cn2cnc(Cl)c2)c(Cl)c1. The molecule has 0 aliphatic heterocycles. The van der Waals surface area contributed by atoms with Gasteiger partial charge in [0.15, 0.2) is 0 Å². The normalized spacial score (nSPS) is 11.2. The van der Waals surface area contributed by atoms with Gasteiger partial charge in [0.1, 0.15) is 11.5 Å². The van der Waals surface area contributed by atoms with Crippen molar-refractivity contribution < 1.29 is 0 Å². The van der Waals surface area contributed by atoms with Gasteiger partial charge in [0.25, 0.3) is 0 Å². The van der Waals surface area contributed by atoms with Crippen molar-refractivity contribution >= 4 is 47.1 Å². The minimum atomic E-state index is 0.451. The van der Waals surface area contributed by atoms with Gasteiger partial charge < -0.3 is 4.57 Å². The maximum absolute atomic E-state index is 6.01. The van der Waals surface area contributed by atoms with E-state index in [1.54, 1.807) is 29.2 Å². The van der Waals surface area contributed by atoms with Gasteiger partial charge in [0, 0.05) is 22.4 Å². The van der Waals surface area contributed by atoms with Crippen LogP contribution < -0.4 is 0 Å². The van der Waals surface area contributed by atoms with Crippen LogP contribution in [0.1, 0.15) is 5.56 Å². The highest BCUT2D eigenvalue weighted by Gasteiger charge is 1.97. The largest absolute Gasteiger partial charge is 0.312 e. The van der Waals surface area contributed by atoms with Crippen molar-refractivity contribution in [2.75, 3.05) is 0 Å². The van der Waals surface area contributed by atoms with Gasteiger partial charge in [-0.3, -0.25) is 0 Å². The maximum Gasteiger partial charge on any atom is 0.147 e. The van der Waals surface area contributed by atoms with Gasteiger partial charge in [0.2, 0.25) is 0 Å². The van der Waals surface area contributed by atoms with Crippen LogP contribution in [-0.2, 0) is 0 Å². The lowest BCUT2D eigenvalue weighted by atomic mass is 10.2. The molecule has 1 aromatic carbocycles. The second kappa shape index (κ2) is 4.91. The average Bonchev–Trinajstić information content (AvgIpc) is 2.63. The first-order valence-electron chi connectivity index (χ1n) is 4.47. The molecule has 2 aromatic rings. The Kier molecular flexibility index (Phi) is 3.54. The zero-order valence-corrected chi connectivity index (χ0v) is 10.3. The summed E-state index contributed by atoms with van der Waals surface area (Å²) in [6, 6.07) is 5.33. The first kappa shape index (κ1) is 11.5. The number of nitrogens with zero attached hydrogens (tertiary/aromatic N) is 2. The van der Waals surface area contributed by atoms with Crippen molar-refractivity contribution in [1.82, 2.24) is 9.55 Å². The molecule has 0 spiro atoms. The molecule has 16 heavy (non-hydrogen) atoms. The van der Waals surface area contributed by atoms with E-state index in [1.165, 1.54) is 0 Å². The molecule has 0 unspecified atom stereocenters. The van der Waals surface area contributed by atoms with Crippen molar-refractivity contribution in [3.63, 3.8) is 0 Å². The molecule has 5 heteroatoms. The number of benzene rings is 1. The van der Waals surface area contributed by atoms with Crippen LogP contribution in [0.2, 0.25) is 15.2 Å². The molecular weight excluding hydrogens is 266 g/mol. The van der Waals surface area contributed by atoms with Crippen molar-refractivity contribution in [3.05, 3.63) is 51.5 Å². The van der Waals surface area contributed by atoms with E-state index in [0.717, 1.165) is 5.56 Å². The summed E-state index contributed by atoms with van der Waals surface area (Å²) in [5.41, 5.74) is 0.885. The molecule has 0 fully saturated rings. The smallest absolute Gasteiger partial charge is 0.147 e. The quantitative estimate of drug-likeness (QED) is 0.789. The molecule has 0 bridgehead atoms. The lowest BCUT2D eigenvalue weighted by Crippen LogP contribution is -1.80. The minimum absolute atomic E-state index is 0.451. The van der Waals surface area contributed by atoms with Crippen molar-refractivity contribution in [2.24, 2.45) is 0 Å². The Bertz CT molecular complexity index is 532. The molecule has 0 amide bonds. The first-order chi connectivity index (χ1) is 7.65. The Hall–Kier alpha value is -0.960. The molecule has 0 saturated carbocycles. The van der Waals surface area contributed by atoms with E-state index in [2.05, 4.69) is 4.98 Å². The molecule has 0 saturated heterocycles. The van der Waals surface area contributed by atoms with Gasteiger partial charge in [-0.25, -0.2) is 4.98 Å². The molecule has 2 rings (SSSR count). The summed E-state index contributed by atoms with van der Waals surface area (Å²) in [4.78, 5) is 3.89. The Morgan fingerprint density at radius 3 is 2.62 bits per heavy atom. The summed E-state index contributed by atoms with van der Waals surface area (Å²) in [6.45, 7) is 0. The van der Waals surface area contributed by atoms with E-state index in [9.17, 15) is 0 Å². The molecule has 2 nitrogen and oxygen atoms in total. The number of rotatable bonds is 2. The van der Waals surface area contributed by atoms with E-state index in [1.807, 2.05) is 18.3 Å². The summed E-state index contributed by atoms with van der Waals surface area (Å²) < 4.78 is 1.74. The van der Waals surface area contributed by atoms with Gasteiger partial charge >= 0.3 is 0 Å². The van der Waals surface area contributed by atoms with E-state index in [4.69, 9.17) is 34.8 Å². The summed E-state index contributed by atoms with van der Waals surface area (Å²) in [7, 11) is 0. The number of halogens is 3. The summed E-state index contributed by atoms with van der Waals surface area (Å²) in [6.07, 6.45) is 6.98. The number of hydrogen-bond donors (Lipinski definition) is 0. The molecule has 1 heterocycles. The minimum Gasteiger partial charge on any atom is -0.312 e. The number of imidazole rings is 1. The second-order valence-electron chi connectivity index (χ2n) is 3.13. The fourth-order valence-electron chi connectivity index (χ4n) is 1.20. The molecule has 82 valence electrons. The summed E-state index contributed by atoms with van der Waals surface area (Å²) in [5, 5.41) is 1.68. The molecule has 0 N–H and O–H groups in total. The summed E-state index contributed by atoms with van der Waals surface area (Å²) in [5.74, 6) is 0. The summed E-state index contributed by atoms with van der Waals surface area (Å²) >= 11 is 17.5. The third-order valence-electron chi connectivity index (χ3n) is 1.96. The van der Waals surface area contributed by atoms with Crippen LogP contribution >= 0.6 is 34.8 Å². The highest BCUT2D eigenvalue weighted by Crippen LogP contribution is 2.22. The van der Waals surface area contributed by atoms with Crippen LogP contribution in [0.3, 0.4) is 0 Å². The molecule has 1 aromatic heterocycles. The molecule has 0 aliphatic carbocycles. The number of hydrogen-bond acceptors (Lipinski definition) is 1. The predicted molar refractivity (Wildman–Crippen MR) is 68.9 cm³/mol. The molecule has 0 atom stereocenters. The van der Waals surface area contributed by atoms with Crippen LogP contribution in [0.4, 0.5) is 0 Å². The van der Waals surface area contributed by atoms with Crippen LogP contribution in [0.15, 0.2) is 30.7 Å². The van der Waals surface area contributed by atoms with Gasteiger partial charge in [-0.15, -0.1) is 0 Å². The van der Waals surface area contributed by atoms with Crippen molar-refractivity contribution in [2.45, 2.75) is 0 Å². The maximum atomic E-state index is 6.01. The van der Waals surface area contributed by atoms with Crippen LogP contribution in [-0.4, -0.2) is 9.55 Å². The van der Waals surface area contributed by atoms with Gasteiger partial charge in [-0.05, 0) is 23.8 Å². The molecule has 0 aliphatic rings. The Morgan fingerprint density at radius 1 is 1.19 bits per heavy atom. The predicted octanol–water partition coefficient (Wildman–Crippen LogP) is 4.47. The van der Waals surface area contributed by atoms with E-state index in [-0.39, 0.29) is 0 Å². The average molecular weight is 274 g/mol. The van der Waals surface area contributed by atoms with Crippen LogP contribution in [0, 0.1) is 0 Å². The second-order valence-corrected chi connectivity index (χ2v) is 4.36. The first-order valence-corrected chi connectivity index (χ1v) is 5.61. The lowest BCUT2D eigenvalue weighted by Gasteiger charge is -1.98. The van der Waals surface area contributed by atoms with E-state index < -0.39 is 0 Å². The third kappa shape index (κ3) is 2.79. The third-order valence-corrected chi connectivity index (χ3v) is 2.72. The highest BCUT2D eigenvalue weighted by atomic mass is 35.5. The van der Waals surface area contributed by atoms with Gasteiger partial charge in [-0.2, -0.15) is 0 Å². The van der Waals surface area contributed by atoms with Crippen molar-refractivity contribution in [3.8, 4) is 0 Å². The Balaban J connectivity index is 2.23. The molecular formula is C11H7Cl3N2. The number of aromatic nitrogens is 2. The van der Waals surface area contributed by atoms with E-state index >= 15 is 0 Å². The van der Waals surface area contributed by atoms with Crippen LogP contribution in [0.5, 0.6) is 0 Å². The molecule has 0 radical (unpaired) electrons. The fourth-order valence-corrected chi connectivity index (χ4v) is 1.82. The standard InChI is InChI=1S/C11H7Cl3N2/c12-9-2-1-8(10(13)5-9)3-4-16-6-11(14)15-7-16/h1-7H. The van der Waals surface area contributed by atoms with Gasteiger partial charge in [-0.1, -0.05) is 40.9 Å². The van der Waals surface area contributed by atoms with Gasteiger partial charge in [0.05, 0.1) is 0 Å². The lowest BCUT2D eigenvalue weighted by molar-refractivity contribution is 1.14. The Morgan fingerprint density at radius 2 is 2.00 bits per heavy atom. The van der Waals surface area contributed by atoms with Crippen LogP contribution in [0.25, 0.3) is 12.3 Å². The monoisotopic (exact) mass is 272 g/mol. The van der Waals surface area contributed by atoms with E-state index in [0.29, 0.717) is 15.2 Å². The topological polar surface area (TPSA) is 17.8 Å². The highest BCUT2D eigenvalue weighted by molar-refractivity contribution is 6.35. The fraction of sp³-hybridized carbons (Fsp3) is 0. The van der Waals surface area contributed by atoms with Crippen molar-refractivity contribution in [1.29, 1.82) is 0 Å². The Labute approximate surface area is 108 Å². The zero-order valence-electron chi connectivity index (χ0n) is 8.07. The zero-order chi connectivity index (χ0) is 11.5.